The first kappa shape index (κ1) is 18.8. The third kappa shape index (κ3) is 3.91. The number of hydrogen-bond acceptors (Lipinski definition) is 4. The molecule has 0 radical (unpaired) electrons. The lowest BCUT2D eigenvalue weighted by Gasteiger charge is -2.26. The number of carboxylic acid groups (broad SMARTS) is 1. The minimum absolute atomic E-state index is 0.0623. The van der Waals surface area contributed by atoms with Gasteiger partial charge in [0.05, 0.1) is 11.3 Å². The van der Waals surface area contributed by atoms with Gasteiger partial charge in [-0.1, -0.05) is 6.42 Å². The number of likely N-dealkylation sites (tertiary alicyclic amines) is 1. The van der Waals surface area contributed by atoms with Crippen molar-refractivity contribution in [2.24, 2.45) is 0 Å². The molecule has 2 aliphatic rings. The number of amides is 1. The van der Waals surface area contributed by atoms with E-state index in [-0.39, 0.29) is 23.3 Å². The van der Waals surface area contributed by atoms with Crippen molar-refractivity contribution < 1.29 is 23.1 Å². The summed E-state index contributed by atoms with van der Waals surface area (Å²) in [5.74, 6) is -1.16. The van der Waals surface area contributed by atoms with Crippen LogP contribution in [0.4, 0.5) is 0 Å². The Balaban J connectivity index is 1.74. The highest BCUT2D eigenvalue weighted by molar-refractivity contribution is 7.89. The standard InChI is InChI=1S/C18H24N2O5S/c21-17(22)13-15-5-4-12-20(15)18(23)14-6-8-16(9-7-14)26(24,25)19-10-2-1-3-11-19/h6-9,15H,1-5,10-13H2,(H,21,22). The third-order valence-corrected chi connectivity index (χ3v) is 7.02. The van der Waals surface area contributed by atoms with Crippen LogP contribution in [0.3, 0.4) is 0 Å². The number of hydrogen-bond donors (Lipinski definition) is 1. The van der Waals surface area contributed by atoms with Crippen LogP contribution in [0.15, 0.2) is 29.2 Å². The molecule has 0 aliphatic carbocycles. The van der Waals surface area contributed by atoms with Crippen LogP contribution in [-0.4, -0.2) is 60.3 Å². The molecule has 0 saturated carbocycles. The number of carbonyl (C=O) groups is 2. The topological polar surface area (TPSA) is 95.0 Å². The molecule has 1 aromatic carbocycles. The molecule has 26 heavy (non-hydrogen) atoms. The fourth-order valence-corrected chi connectivity index (χ4v) is 5.22. The smallest absolute Gasteiger partial charge is 0.305 e. The van der Waals surface area contributed by atoms with Crippen LogP contribution in [0.25, 0.3) is 0 Å². The fourth-order valence-electron chi connectivity index (χ4n) is 3.71. The Morgan fingerprint density at radius 3 is 2.27 bits per heavy atom. The van der Waals surface area contributed by atoms with E-state index < -0.39 is 16.0 Å². The quantitative estimate of drug-likeness (QED) is 0.842. The predicted molar refractivity (Wildman–Crippen MR) is 95.4 cm³/mol. The molecule has 1 amide bonds. The third-order valence-electron chi connectivity index (χ3n) is 5.10. The maximum Gasteiger partial charge on any atom is 0.305 e. The predicted octanol–water partition coefficient (Wildman–Crippen LogP) is 1.94. The van der Waals surface area contributed by atoms with E-state index in [4.69, 9.17) is 5.11 Å². The average molecular weight is 380 g/mol. The molecule has 1 aromatic rings. The van der Waals surface area contributed by atoms with E-state index in [2.05, 4.69) is 0 Å². The Labute approximate surface area is 153 Å². The number of carboxylic acids is 1. The van der Waals surface area contributed by atoms with Gasteiger partial charge in [0.15, 0.2) is 0 Å². The summed E-state index contributed by atoms with van der Waals surface area (Å²) in [6, 6.07) is 5.69. The molecule has 1 N–H and O–H groups in total. The van der Waals surface area contributed by atoms with Gasteiger partial charge < -0.3 is 10.0 Å². The molecule has 0 spiro atoms. The lowest BCUT2D eigenvalue weighted by molar-refractivity contribution is -0.137. The molecule has 2 heterocycles. The van der Waals surface area contributed by atoms with Gasteiger partial charge in [-0.3, -0.25) is 9.59 Å². The van der Waals surface area contributed by atoms with Crippen LogP contribution < -0.4 is 0 Å². The second-order valence-corrected chi connectivity index (χ2v) is 8.82. The van der Waals surface area contributed by atoms with Crippen molar-refractivity contribution in [2.75, 3.05) is 19.6 Å². The van der Waals surface area contributed by atoms with Crippen molar-refractivity contribution in [3.63, 3.8) is 0 Å². The van der Waals surface area contributed by atoms with Crippen molar-refractivity contribution in [3.05, 3.63) is 29.8 Å². The molecule has 0 bridgehead atoms. The van der Waals surface area contributed by atoms with E-state index in [0.717, 1.165) is 25.7 Å². The zero-order chi connectivity index (χ0) is 18.7. The highest BCUT2D eigenvalue weighted by Crippen LogP contribution is 2.24. The molecule has 1 atom stereocenters. The summed E-state index contributed by atoms with van der Waals surface area (Å²) in [6.45, 7) is 1.60. The Kier molecular flexibility index (Phi) is 5.62. The first-order valence-corrected chi connectivity index (χ1v) is 10.5. The molecule has 0 aromatic heterocycles. The van der Waals surface area contributed by atoms with Crippen LogP contribution >= 0.6 is 0 Å². The molecule has 2 aliphatic heterocycles. The number of carbonyl (C=O) groups excluding carboxylic acids is 1. The lowest BCUT2D eigenvalue weighted by Crippen LogP contribution is -2.37. The molecule has 1 unspecified atom stereocenters. The summed E-state index contributed by atoms with van der Waals surface area (Å²) in [4.78, 5) is 25.4. The Morgan fingerprint density at radius 1 is 1.00 bits per heavy atom. The van der Waals surface area contributed by atoms with Gasteiger partial charge in [-0.2, -0.15) is 4.31 Å². The van der Waals surface area contributed by atoms with E-state index in [1.807, 2.05) is 0 Å². The summed E-state index contributed by atoms with van der Waals surface area (Å²) in [5.41, 5.74) is 0.389. The van der Waals surface area contributed by atoms with Gasteiger partial charge in [-0.05, 0) is 49.9 Å². The van der Waals surface area contributed by atoms with Gasteiger partial charge in [-0.25, -0.2) is 8.42 Å². The molecule has 142 valence electrons. The van der Waals surface area contributed by atoms with E-state index in [1.54, 1.807) is 4.90 Å². The van der Waals surface area contributed by atoms with Crippen LogP contribution in [0.1, 0.15) is 48.9 Å². The van der Waals surface area contributed by atoms with Crippen LogP contribution in [0.5, 0.6) is 0 Å². The zero-order valence-electron chi connectivity index (χ0n) is 14.6. The van der Waals surface area contributed by atoms with Crippen molar-refractivity contribution >= 4 is 21.9 Å². The number of rotatable bonds is 5. The molecular weight excluding hydrogens is 356 g/mol. The van der Waals surface area contributed by atoms with Gasteiger partial charge in [0.2, 0.25) is 10.0 Å². The zero-order valence-corrected chi connectivity index (χ0v) is 15.5. The minimum Gasteiger partial charge on any atom is -0.481 e. The van der Waals surface area contributed by atoms with Crippen molar-refractivity contribution in [2.45, 2.75) is 49.5 Å². The van der Waals surface area contributed by atoms with Gasteiger partial charge in [0.1, 0.15) is 0 Å². The van der Waals surface area contributed by atoms with Crippen molar-refractivity contribution in [3.8, 4) is 0 Å². The number of piperidine rings is 1. The van der Waals surface area contributed by atoms with E-state index in [1.165, 1.54) is 28.6 Å². The fraction of sp³-hybridized carbons (Fsp3) is 0.556. The van der Waals surface area contributed by atoms with Gasteiger partial charge in [0, 0.05) is 31.2 Å². The average Bonchev–Trinajstić information content (AvgIpc) is 3.09. The minimum atomic E-state index is -3.52. The number of aliphatic carboxylic acids is 1. The van der Waals surface area contributed by atoms with Crippen LogP contribution in [-0.2, 0) is 14.8 Å². The second-order valence-electron chi connectivity index (χ2n) is 6.88. The van der Waals surface area contributed by atoms with E-state index >= 15 is 0 Å². The molecule has 3 rings (SSSR count). The largest absolute Gasteiger partial charge is 0.481 e. The second kappa shape index (κ2) is 7.75. The van der Waals surface area contributed by atoms with E-state index in [0.29, 0.717) is 31.6 Å². The van der Waals surface area contributed by atoms with Gasteiger partial charge in [0.25, 0.3) is 5.91 Å². The first-order chi connectivity index (χ1) is 12.4. The van der Waals surface area contributed by atoms with Crippen LogP contribution in [0, 0.1) is 0 Å². The maximum absolute atomic E-state index is 12.7. The van der Waals surface area contributed by atoms with Crippen molar-refractivity contribution in [1.29, 1.82) is 0 Å². The molecule has 2 fully saturated rings. The van der Waals surface area contributed by atoms with Crippen LogP contribution in [0.2, 0.25) is 0 Å². The summed E-state index contributed by atoms with van der Waals surface area (Å²) in [7, 11) is -3.52. The summed E-state index contributed by atoms with van der Waals surface area (Å²) in [6.07, 6.45) is 4.19. The Bertz CT molecular complexity index is 769. The van der Waals surface area contributed by atoms with Crippen molar-refractivity contribution in [1.82, 2.24) is 9.21 Å². The van der Waals surface area contributed by atoms with Gasteiger partial charge >= 0.3 is 5.97 Å². The maximum atomic E-state index is 12.7. The Hall–Kier alpha value is -1.93. The number of sulfonamides is 1. The summed E-state index contributed by atoms with van der Waals surface area (Å²) >= 11 is 0. The SMILES string of the molecule is O=C(O)CC1CCCN1C(=O)c1ccc(S(=O)(=O)N2CCCCC2)cc1. The number of benzene rings is 1. The molecule has 8 heteroatoms. The lowest BCUT2D eigenvalue weighted by atomic mass is 10.1. The van der Waals surface area contributed by atoms with Gasteiger partial charge in [-0.15, -0.1) is 0 Å². The normalized spacial score (nSPS) is 21.7. The monoisotopic (exact) mass is 380 g/mol. The molecule has 7 nitrogen and oxygen atoms in total. The first-order valence-electron chi connectivity index (χ1n) is 9.02. The highest BCUT2D eigenvalue weighted by Gasteiger charge is 2.31. The van der Waals surface area contributed by atoms with E-state index in [9.17, 15) is 18.0 Å². The number of nitrogens with zero attached hydrogens (tertiary/aromatic N) is 2. The molecule has 2 saturated heterocycles. The molecular formula is C18H24N2O5S. The summed E-state index contributed by atoms with van der Waals surface area (Å²) < 4.78 is 26.8. The Morgan fingerprint density at radius 2 is 1.65 bits per heavy atom. The highest BCUT2D eigenvalue weighted by atomic mass is 32.2. The summed E-state index contributed by atoms with van der Waals surface area (Å²) in [5, 5.41) is 8.98.